The zero-order valence-corrected chi connectivity index (χ0v) is 15.8. The third-order valence-electron chi connectivity index (χ3n) is 4.32. The number of nitrogens with zero attached hydrogens (tertiary/aromatic N) is 3. The number of nitrogen functional groups attached to an aromatic ring is 1. The maximum Gasteiger partial charge on any atom is 0.285 e. The van der Waals surface area contributed by atoms with Crippen molar-refractivity contribution >= 4 is 23.0 Å². The van der Waals surface area contributed by atoms with Gasteiger partial charge in [-0.25, -0.2) is 9.02 Å². The van der Waals surface area contributed by atoms with Crippen molar-refractivity contribution in [1.29, 1.82) is 0 Å². The van der Waals surface area contributed by atoms with E-state index in [-0.39, 0.29) is 41.0 Å². The van der Waals surface area contributed by atoms with Crippen LogP contribution in [0.3, 0.4) is 0 Å². The smallest absolute Gasteiger partial charge is 0.285 e. The molecule has 0 saturated carbocycles. The number of ether oxygens (including phenoxy) is 1. The fraction of sp³-hybridized carbons (Fsp3) is 0.278. The zero-order chi connectivity index (χ0) is 21.0. The predicted molar refractivity (Wildman–Crippen MR) is 102 cm³/mol. The summed E-state index contributed by atoms with van der Waals surface area (Å²) in [6, 6.07) is 4.10. The van der Waals surface area contributed by atoms with Crippen LogP contribution in [0.25, 0.3) is 0 Å². The molecule has 0 fully saturated rings. The molecular formula is C18H16ClFN4O5. The van der Waals surface area contributed by atoms with Crippen LogP contribution in [-0.4, -0.2) is 27.8 Å². The molecule has 9 nitrogen and oxygen atoms in total. The van der Waals surface area contributed by atoms with Crippen molar-refractivity contribution in [2.75, 3.05) is 12.3 Å². The van der Waals surface area contributed by atoms with Gasteiger partial charge in [0.15, 0.2) is 5.69 Å². The van der Waals surface area contributed by atoms with E-state index in [9.17, 15) is 19.2 Å². The molecule has 2 aromatic carbocycles. The van der Waals surface area contributed by atoms with Gasteiger partial charge in [-0.2, -0.15) is 0 Å². The fourth-order valence-electron chi connectivity index (χ4n) is 2.74. The van der Waals surface area contributed by atoms with Crippen LogP contribution in [0.5, 0.6) is 5.88 Å². The molecule has 3 aromatic rings. The molecule has 0 saturated heterocycles. The van der Waals surface area contributed by atoms with Crippen molar-refractivity contribution in [2.24, 2.45) is 5.16 Å². The average molecular weight is 423 g/mol. The summed E-state index contributed by atoms with van der Waals surface area (Å²) >= 11 is 5.76. The minimum absolute atomic E-state index is 0.0274. The van der Waals surface area contributed by atoms with Crippen LogP contribution in [-0.2, 0) is 12.8 Å². The molecule has 0 aliphatic carbocycles. The van der Waals surface area contributed by atoms with Crippen LogP contribution in [0.2, 0.25) is 5.02 Å². The molecule has 1 heterocycles. The number of aromatic nitrogens is 2. The van der Waals surface area contributed by atoms with E-state index < -0.39 is 16.7 Å². The first-order chi connectivity index (χ1) is 13.9. The van der Waals surface area contributed by atoms with Gasteiger partial charge in [-0.3, -0.25) is 9.59 Å². The maximum absolute atomic E-state index is 13.3. The van der Waals surface area contributed by atoms with E-state index in [1.54, 1.807) is 0 Å². The lowest BCUT2D eigenvalue weighted by molar-refractivity contribution is 0.251. The summed E-state index contributed by atoms with van der Waals surface area (Å²) in [6.45, 7) is 0.220. The third kappa shape index (κ3) is 4.43. The molecular weight excluding hydrogens is 407 g/mol. The zero-order valence-electron chi connectivity index (χ0n) is 15.0. The highest BCUT2D eigenvalue weighted by Gasteiger charge is 2.20. The Morgan fingerprint density at radius 2 is 2.07 bits per heavy atom. The average Bonchev–Trinajstić information content (AvgIpc) is 3.18. The highest BCUT2D eigenvalue weighted by Crippen LogP contribution is 2.20. The van der Waals surface area contributed by atoms with E-state index in [1.807, 2.05) is 0 Å². The lowest BCUT2D eigenvalue weighted by atomic mass is 10.0. The monoisotopic (exact) mass is 422 g/mol. The highest BCUT2D eigenvalue weighted by molar-refractivity contribution is 6.30. The number of unbranched alkanes of at least 4 members (excludes halogenated alkanes) is 1. The van der Waals surface area contributed by atoms with Crippen molar-refractivity contribution in [3.63, 3.8) is 0 Å². The van der Waals surface area contributed by atoms with Crippen LogP contribution < -0.4 is 21.3 Å². The number of benzene rings is 1. The van der Waals surface area contributed by atoms with Crippen molar-refractivity contribution in [3.8, 4) is 5.88 Å². The van der Waals surface area contributed by atoms with Crippen LogP contribution in [0.4, 0.5) is 10.1 Å². The van der Waals surface area contributed by atoms with Crippen molar-refractivity contribution < 1.29 is 19.0 Å². The Hall–Kier alpha value is -3.27. The summed E-state index contributed by atoms with van der Waals surface area (Å²) in [4.78, 5) is 22.4. The van der Waals surface area contributed by atoms with Gasteiger partial charge in [-0.05, 0) is 47.3 Å². The van der Waals surface area contributed by atoms with Crippen LogP contribution in [0.15, 0.2) is 37.6 Å². The molecule has 0 aliphatic heterocycles. The Labute approximate surface area is 168 Å². The van der Waals surface area contributed by atoms with E-state index in [0.717, 1.165) is 0 Å². The first-order valence-electron chi connectivity index (χ1n) is 8.60. The first-order valence-corrected chi connectivity index (χ1v) is 8.98. The summed E-state index contributed by atoms with van der Waals surface area (Å²) < 4.78 is 23.4. The number of nitrogens with two attached hydrogens (primary N) is 1. The molecule has 0 radical (unpaired) electrons. The Morgan fingerprint density at radius 1 is 1.28 bits per heavy atom. The van der Waals surface area contributed by atoms with Gasteiger partial charge in [0, 0.05) is 12.0 Å². The summed E-state index contributed by atoms with van der Waals surface area (Å²) in [5, 5.41) is 19.8. The number of rotatable bonds is 9. The molecule has 0 aliphatic rings. The summed E-state index contributed by atoms with van der Waals surface area (Å²) in [5.41, 5.74) is 5.48. The Bertz CT molecular complexity index is 1120. The predicted octanol–water partition coefficient (Wildman–Crippen LogP) is 1.86. The number of anilines is 1. The molecule has 0 atom stereocenters. The SMILES string of the molecule is Nc1c(CCCCOc2nonc2C(Cc2ccc(F)c(Cl)c2)=NO)c(=O)c1=O. The van der Waals surface area contributed by atoms with Gasteiger partial charge in [-0.1, -0.05) is 22.8 Å². The van der Waals surface area contributed by atoms with Gasteiger partial charge in [-0.15, -0.1) is 0 Å². The van der Waals surface area contributed by atoms with Gasteiger partial charge in [0.2, 0.25) is 10.9 Å². The van der Waals surface area contributed by atoms with E-state index in [1.165, 1.54) is 18.2 Å². The minimum Gasteiger partial charge on any atom is -0.474 e. The van der Waals surface area contributed by atoms with Gasteiger partial charge >= 0.3 is 0 Å². The van der Waals surface area contributed by atoms with Gasteiger partial charge in [0.25, 0.3) is 5.88 Å². The highest BCUT2D eigenvalue weighted by atomic mass is 35.5. The molecule has 0 spiro atoms. The summed E-state index contributed by atoms with van der Waals surface area (Å²) in [5.74, 6) is -0.532. The summed E-state index contributed by atoms with van der Waals surface area (Å²) in [6.07, 6.45) is 1.59. The van der Waals surface area contributed by atoms with Crippen molar-refractivity contribution in [2.45, 2.75) is 25.7 Å². The molecule has 11 heteroatoms. The van der Waals surface area contributed by atoms with E-state index in [2.05, 4.69) is 20.1 Å². The van der Waals surface area contributed by atoms with Gasteiger partial charge in [0.05, 0.1) is 17.3 Å². The molecule has 3 N–H and O–H groups in total. The van der Waals surface area contributed by atoms with Crippen molar-refractivity contribution in [1.82, 2.24) is 10.3 Å². The Morgan fingerprint density at radius 3 is 2.76 bits per heavy atom. The quantitative estimate of drug-likeness (QED) is 0.175. The molecule has 152 valence electrons. The standard InChI is InChI=1S/C18H16ClFN4O5/c19-11-7-9(4-5-12(11)20)8-13(22-27)15-18(24-29-23-15)28-6-2-1-3-10-14(21)17(26)16(10)25/h4-5,7,27H,1-3,6,8,21H2. The molecule has 0 bridgehead atoms. The fourth-order valence-corrected chi connectivity index (χ4v) is 2.94. The molecule has 0 amide bonds. The second kappa shape index (κ2) is 8.82. The summed E-state index contributed by atoms with van der Waals surface area (Å²) in [7, 11) is 0. The van der Waals surface area contributed by atoms with Crippen LogP contribution in [0, 0.1) is 5.82 Å². The third-order valence-corrected chi connectivity index (χ3v) is 4.61. The minimum atomic E-state index is -0.632. The number of halogens is 2. The first kappa shape index (κ1) is 20.5. The lowest BCUT2D eigenvalue weighted by Gasteiger charge is -2.07. The van der Waals surface area contributed by atoms with Crippen LogP contribution in [0.1, 0.15) is 29.7 Å². The van der Waals surface area contributed by atoms with Gasteiger partial charge in [0.1, 0.15) is 11.5 Å². The van der Waals surface area contributed by atoms with E-state index >= 15 is 0 Å². The normalized spacial score (nSPS) is 11.9. The van der Waals surface area contributed by atoms with Crippen LogP contribution >= 0.6 is 11.6 Å². The largest absolute Gasteiger partial charge is 0.474 e. The topological polar surface area (TPSA) is 141 Å². The second-order valence-corrected chi connectivity index (χ2v) is 6.65. The van der Waals surface area contributed by atoms with Gasteiger partial charge < -0.3 is 15.7 Å². The van der Waals surface area contributed by atoms with E-state index in [4.69, 9.17) is 22.1 Å². The number of hydrogen-bond acceptors (Lipinski definition) is 9. The van der Waals surface area contributed by atoms with E-state index in [0.29, 0.717) is 30.4 Å². The molecule has 3 rings (SSSR count). The Balaban J connectivity index is 1.55. The number of hydrogen-bond donors (Lipinski definition) is 2. The van der Waals surface area contributed by atoms with Crippen molar-refractivity contribution in [3.05, 3.63) is 66.3 Å². The molecule has 0 unspecified atom stereocenters. The Kier molecular flexibility index (Phi) is 6.23. The maximum atomic E-state index is 13.3. The second-order valence-electron chi connectivity index (χ2n) is 6.25. The lowest BCUT2D eigenvalue weighted by Crippen LogP contribution is -2.38. The number of oxime groups is 1. The molecule has 1 aromatic heterocycles. The molecule has 29 heavy (non-hydrogen) atoms.